The smallest absolute Gasteiger partial charge is 0.270 e. The molecule has 0 radical (unpaired) electrons. The van der Waals surface area contributed by atoms with Crippen molar-refractivity contribution in [1.29, 1.82) is 0 Å². The molecule has 2 amide bonds. The third kappa shape index (κ3) is 3.96. The molecule has 0 bridgehead atoms. The van der Waals surface area contributed by atoms with E-state index >= 15 is 0 Å². The Morgan fingerprint density at radius 1 is 1.18 bits per heavy atom. The third-order valence-corrected chi connectivity index (χ3v) is 4.84. The Balaban J connectivity index is 1.71. The van der Waals surface area contributed by atoms with E-state index in [0.717, 1.165) is 0 Å². The number of fused-ring (bicyclic) bond motifs is 1. The van der Waals surface area contributed by atoms with E-state index in [-0.39, 0.29) is 17.9 Å². The number of nitrogens with zero attached hydrogens (tertiary/aromatic N) is 2. The number of hydrogen-bond acceptors (Lipinski definition) is 5. The van der Waals surface area contributed by atoms with E-state index in [0.29, 0.717) is 49.0 Å². The summed E-state index contributed by atoms with van der Waals surface area (Å²) in [6.45, 7) is 1.86. The molecule has 8 nitrogen and oxygen atoms in total. The van der Waals surface area contributed by atoms with Gasteiger partial charge in [-0.3, -0.25) is 9.59 Å². The van der Waals surface area contributed by atoms with E-state index in [1.54, 1.807) is 43.4 Å². The molecule has 0 saturated heterocycles. The van der Waals surface area contributed by atoms with Crippen molar-refractivity contribution in [2.45, 2.75) is 12.6 Å². The van der Waals surface area contributed by atoms with Gasteiger partial charge in [0.05, 0.1) is 26.9 Å². The first-order chi connectivity index (χ1) is 13.6. The number of aromatic nitrogens is 1. The minimum absolute atomic E-state index is 0.0568. The molecule has 1 aliphatic heterocycles. The molecular formula is C20H25N3O5. The van der Waals surface area contributed by atoms with Crippen LogP contribution in [0.5, 0.6) is 11.5 Å². The molecule has 1 unspecified atom stereocenters. The SMILES string of the molecule is COCCN1C(=O)c2cccn2CC1CNC(=O)c1ccc(OC)c(OC)c1. The zero-order valence-corrected chi connectivity index (χ0v) is 16.3. The highest BCUT2D eigenvalue weighted by atomic mass is 16.5. The highest BCUT2D eigenvalue weighted by molar-refractivity contribution is 5.95. The van der Waals surface area contributed by atoms with Gasteiger partial charge in [0.25, 0.3) is 11.8 Å². The van der Waals surface area contributed by atoms with Crippen LogP contribution in [0.3, 0.4) is 0 Å². The minimum atomic E-state index is -0.238. The maximum Gasteiger partial charge on any atom is 0.270 e. The van der Waals surface area contributed by atoms with Crippen LogP contribution in [0.4, 0.5) is 0 Å². The lowest BCUT2D eigenvalue weighted by atomic mass is 10.1. The largest absolute Gasteiger partial charge is 0.493 e. The van der Waals surface area contributed by atoms with Crippen LogP contribution in [0.1, 0.15) is 20.8 Å². The van der Waals surface area contributed by atoms with Crippen LogP contribution in [-0.2, 0) is 11.3 Å². The van der Waals surface area contributed by atoms with E-state index in [1.807, 2.05) is 16.8 Å². The van der Waals surface area contributed by atoms with Gasteiger partial charge >= 0.3 is 0 Å². The maximum absolute atomic E-state index is 12.8. The monoisotopic (exact) mass is 387 g/mol. The number of rotatable bonds is 8. The highest BCUT2D eigenvalue weighted by Gasteiger charge is 2.32. The second-order valence-electron chi connectivity index (χ2n) is 6.47. The topological polar surface area (TPSA) is 82.0 Å². The lowest BCUT2D eigenvalue weighted by Gasteiger charge is -2.36. The minimum Gasteiger partial charge on any atom is -0.493 e. The molecule has 1 aromatic carbocycles. The number of carbonyl (C=O) groups excluding carboxylic acids is 2. The van der Waals surface area contributed by atoms with Gasteiger partial charge in [-0.2, -0.15) is 0 Å². The summed E-state index contributed by atoms with van der Waals surface area (Å²) in [5.74, 6) is 0.751. The van der Waals surface area contributed by atoms with Gasteiger partial charge in [-0.05, 0) is 30.3 Å². The Morgan fingerprint density at radius 2 is 1.96 bits per heavy atom. The van der Waals surface area contributed by atoms with Crippen molar-refractivity contribution >= 4 is 11.8 Å². The lowest BCUT2D eigenvalue weighted by Crippen LogP contribution is -2.53. The molecule has 0 saturated carbocycles. The molecule has 1 aromatic heterocycles. The van der Waals surface area contributed by atoms with Gasteiger partial charge in [0.2, 0.25) is 0 Å². The van der Waals surface area contributed by atoms with E-state index in [9.17, 15) is 9.59 Å². The van der Waals surface area contributed by atoms with Gasteiger partial charge in [-0.25, -0.2) is 0 Å². The quantitative estimate of drug-likeness (QED) is 0.741. The Hall–Kier alpha value is -3.00. The second kappa shape index (κ2) is 8.79. The maximum atomic E-state index is 12.8. The average molecular weight is 387 g/mol. The molecule has 28 heavy (non-hydrogen) atoms. The molecule has 8 heteroatoms. The normalized spacial score (nSPS) is 15.9. The van der Waals surface area contributed by atoms with Crippen molar-refractivity contribution in [3.05, 3.63) is 47.8 Å². The second-order valence-corrected chi connectivity index (χ2v) is 6.47. The number of hydrogen-bond donors (Lipinski definition) is 1. The summed E-state index contributed by atoms with van der Waals surface area (Å²) >= 11 is 0. The summed E-state index contributed by atoms with van der Waals surface area (Å²) in [6.07, 6.45) is 1.88. The van der Waals surface area contributed by atoms with Crippen LogP contribution in [-0.4, -0.2) is 68.3 Å². The first-order valence-corrected chi connectivity index (χ1v) is 9.04. The van der Waals surface area contributed by atoms with E-state index in [2.05, 4.69) is 5.32 Å². The van der Waals surface area contributed by atoms with Crippen LogP contribution in [0.15, 0.2) is 36.5 Å². The van der Waals surface area contributed by atoms with Crippen molar-refractivity contribution in [3.63, 3.8) is 0 Å². The molecular weight excluding hydrogens is 362 g/mol. The zero-order chi connectivity index (χ0) is 20.1. The molecule has 2 aromatic rings. The molecule has 2 heterocycles. The Bertz CT molecular complexity index is 848. The summed E-state index contributed by atoms with van der Waals surface area (Å²) in [5.41, 5.74) is 1.11. The molecule has 1 aliphatic rings. The number of methoxy groups -OCH3 is 3. The summed E-state index contributed by atoms with van der Waals surface area (Å²) in [4.78, 5) is 27.1. The highest BCUT2D eigenvalue weighted by Crippen LogP contribution is 2.27. The fourth-order valence-corrected chi connectivity index (χ4v) is 3.34. The van der Waals surface area contributed by atoms with Crippen LogP contribution in [0.2, 0.25) is 0 Å². The zero-order valence-electron chi connectivity index (χ0n) is 16.3. The molecule has 3 rings (SSSR count). The number of carbonyl (C=O) groups is 2. The molecule has 0 aliphatic carbocycles. The molecule has 1 atom stereocenters. The van der Waals surface area contributed by atoms with E-state index in [1.165, 1.54) is 7.11 Å². The number of benzene rings is 1. The standard InChI is InChI=1S/C20H25N3O5/c1-26-10-9-23-15(13-22-8-4-5-16(22)20(23)25)12-21-19(24)14-6-7-17(27-2)18(11-14)28-3/h4-8,11,15H,9-10,12-13H2,1-3H3,(H,21,24). The van der Waals surface area contributed by atoms with Crippen molar-refractivity contribution in [1.82, 2.24) is 14.8 Å². The van der Waals surface area contributed by atoms with Crippen molar-refractivity contribution in [3.8, 4) is 11.5 Å². The average Bonchev–Trinajstić information content (AvgIpc) is 3.19. The van der Waals surface area contributed by atoms with Gasteiger partial charge in [-0.1, -0.05) is 0 Å². The van der Waals surface area contributed by atoms with Gasteiger partial charge in [0.15, 0.2) is 11.5 Å². The van der Waals surface area contributed by atoms with Crippen LogP contribution < -0.4 is 14.8 Å². The molecule has 150 valence electrons. The van der Waals surface area contributed by atoms with Crippen LogP contribution in [0, 0.1) is 0 Å². The summed E-state index contributed by atoms with van der Waals surface area (Å²) in [6, 6.07) is 8.50. The Morgan fingerprint density at radius 3 is 2.68 bits per heavy atom. The third-order valence-electron chi connectivity index (χ3n) is 4.84. The molecule has 0 spiro atoms. The van der Waals surface area contributed by atoms with Crippen molar-refractivity contribution in [2.75, 3.05) is 41.0 Å². The van der Waals surface area contributed by atoms with E-state index in [4.69, 9.17) is 14.2 Å². The van der Waals surface area contributed by atoms with Gasteiger partial charge in [-0.15, -0.1) is 0 Å². The van der Waals surface area contributed by atoms with Gasteiger partial charge in [0, 0.05) is 38.5 Å². The van der Waals surface area contributed by atoms with Crippen molar-refractivity contribution in [2.24, 2.45) is 0 Å². The summed E-state index contributed by atoms with van der Waals surface area (Å²) in [7, 11) is 4.67. The lowest BCUT2D eigenvalue weighted by molar-refractivity contribution is 0.0504. The first kappa shape index (κ1) is 19.8. The van der Waals surface area contributed by atoms with Crippen LogP contribution >= 0.6 is 0 Å². The predicted octanol–water partition coefficient (Wildman–Crippen LogP) is 1.41. The van der Waals surface area contributed by atoms with Crippen molar-refractivity contribution < 1.29 is 23.8 Å². The first-order valence-electron chi connectivity index (χ1n) is 9.04. The summed E-state index contributed by atoms with van der Waals surface area (Å²) < 4.78 is 17.5. The Kier molecular flexibility index (Phi) is 6.20. The number of ether oxygens (including phenoxy) is 3. The van der Waals surface area contributed by atoms with Gasteiger partial charge < -0.3 is 29.0 Å². The predicted molar refractivity (Wildman–Crippen MR) is 103 cm³/mol. The van der Waals surface area contributed by atoms with E-state index < -0.39 is 0 Å². The number of amides is 2. The number of nitrogens with one attached hydrogen (secondary N) is 1. The molecule has 0 fully saturated rings. The molecule has 1 N–H and O–H groups in total. The Labute approximate surface area is 164 Å². The summed E-state index contributed by atoms with van der Waals surface area (Å²) in [5, 5.41) is 2.92. The fraction of sp³-hybridized carbons (Fsp3) is 0.400. The van der Waals surface area contributed by atoms with Gasteiger partial charge in [0.1, 0.15) is 5.69 Å². The van der Waals surface area contributed by atoms with Crippen LogP contribution in [0.25, 0.3) is 0 Å². The fourth-order valence-electron chi connectivity index (χ4n) is 3.34.